The van der Waals surface area contributed by atoms with Gasteiger partial charge in [-0.15, -0.1) is 0 Å². The van der Waals surface area contributed by atoms with Crippen LogP contribution in [0.1, 0.15) is 59.3 Å². The first-order chi connectivity index (χ1) is 7.68. The normalized spacial score (nSPS) is 10.9. The molecule has 0 N–H and O–H groups in total. The zero-order valence-corrected chi connectivity index (χ0v) is 15.4. The third-order valence-electron chi connectivity index (χ3n) is 3.15. The van der Waals surface area contributed by atoms with Gasteiger partial charge in [-0.1, -0.05) is 63.5 Å². The molecule has 0 aliphatic rings. The molecule has 0 heterocycles. The highest BCUT2D eigenvalue weighted by Gasteiger charge is 2.28. The lowest BCUT2D eigenvalue weighted by Gasteiger charge is -2.22. The first-order valence-corrected chi connectivity index (χ1v) is 12.7. The Morgan fingerprint density at radius 2 is 1.00 bits per heavy atom. The smallest absolute Gasteiger partial charge is 0.0591 e. The van der Waals surface area contributed by atoms with E-state index < -0.39 is 7.26 Å². The van der Waals surface area contributed by atoms with Crippen LogP contribution in [0.3, 0.4) is 0 Å². The van der Waals surface area contributed by atoms with E-state index in [9.17, 15) is 0 Å². The minimum atomic E-state index is -0.519. The molecule has 0 aromatic carbocycles. The molecule has 0 nitrogen and oxygen atoms in total. The summed E-state index contributed by atoms with van der Waals surface area (Å²) in [6.45, 7) is 9.59. The second-order valence-electron chi connectivity index (χ2n) is 4.85. The summed E-state index contributed by atoms with van der Waals surface area (Å²) < 4.78 is 0. The molecule has 16 heavy (non-hydrogen) atoms. The van der Waals surface area contributed by atoms with Gasteiger partial charge in [0.2, 0.25) is 0 Å². The average molecular weight is 330 g/mol. The van der Waals surface area contributed by atoms with Gasteiger partial charge >= 0.3 is 0 Å². The van der Waals surface area contributed by atoms with E-state index in [2.05, 4.69) is 50.9 Å². The molecule has 0 fully saturated rings. The second kappa shape index (κ2) is 14.4. The summed E-state index contributed by atoms with van der Waals surface area (Å²) in [6.07, 6.45) is 13.2. The standard InChI is InChI=1S/C13H30P.BrH2P/c1-5-8-11-14(4,12-9-6-2)13-10-7-3;1-2/h5-13H2,1-4H3;2H2/q+1;. The molecule has 0 spiro atoms. The number of hydrogen-bond acceptors (Lipinski definition) is 0. The van der Waals surface area contributed by atoms with Gasteiger partial charge in [-0.3, -0.25) is 0 Å². The average Bonchev–Trinajstić information content (AvgIpc) is 2.34. The first-order valence-electron chi connectivity index (χ1n) is 6.74. The van der Waals surface area contributed by atoms with Gasteiger partial charge in [0.1, 0.15) is 0 Å². The van der Waals surface area contributed by atoms with E-state index in [1.54, 1.807) is 18.5 Å². The molecular weight excluding hydrogens is 298 g/mol. The van der Waals surface area contributed by atoms with Gasteiger partial charge in [-0.25, -0.2) is 0 Å². The molecule has 3 heteroatoms. The van der Waals surface area contributed by atoms with Crippen molar-refractivity contribution in [1.29, 1.82) is 0 Å². The van der Waals surface area contributed by atoms with Crippen molar-refractivity contribution < 1.29 is 0 Å². The maximum Gasteiger partial charge on any atom is 0.0591 e. The van der Waals surface area contributed by atoms with Crippen molar-refractivity contribution in [3.05, 3.63) is 0 Å². The van der Waals surface area contributed by atoms with E-state index in [1.165, 1.54) is 38.5 Å². The summed E-state index contributed by atoms with van der Waals surface area (Å²) >= 11 is 2.85. The molecule has 0 aliphatic carbocycles. The zero-order valence-electron chi connectivity index (χ0n) is 11.8. The summed E-state index contributed by atoms with van der Waals surface area (Å²) in [7, 11) is 1.71. The molecule has 0 aromatic rings. The lowest BCUT2D eigenvalue weighted by atomic mass is 10.4. The maximum absolute atomic E-state index is 2.85. The fourth-order valence-electron chi connectivity index (χ4n) is 1.95. The van der Waals surface area contributed by atoms with Gasteiger partial charge in [0.25, 0.3) is 0 Å². The van der Waals surface area contributed by atoms with Crippen molar-refractivity contribution in [2.45, 2.75) is 59.3 Å². The van der Waals surface area contributed by atoms with E-state index in [4.69, 9.17) is 0 Å². The number of rotatable bonds is 9. The fraction of sp³-hybridized carbons (Fsp3) is 1.00. The van der Waals surface area contributed by atoms with E-state index in [-0.39, 0.29) is 0 Å². The minimum Gasteiger partial charge on any atom is -0.0679 e. The summed E-state index contributed by atoms with van der Waals surface area (Å²) in [6, 6.07) is 0. The van der Waals surface area contributed by atoms with Crippen LogP contribution in [0.5, 0.6) is 0 Å². The predicted octanol–water partition coefficient (Wildman–Crippen LogP) is 6.21. The molecule has 0 saturated carbocycles. The van der Waals surface area contributed by atoms with Gasteiger partial charge in [0, 0.05) is 13.9 Å². The molecule has 0 saturated heterocycles. The van der Waals surface area contributed by atoms with Crippen LogP contribution in [0.15, 0.2) is 0 Å². The summed E-state index contributed by atoms with van der Waals surface area (Å²) in [5.74, 6) is 0. The van der Waals surface area contributed by atoms with Crippen molar-refractivity contribution in [2.24, 2.45) is 0 Å². The molecule has 0 rings (SSSR count). The van der Waals surface area contributed by atoms with Gasteiger partial charge in [0.05, 0.1) is 18.5 Å². The SMILES string of the molecule is CCCC[P+](C)(CCCC)CCCC.PBr. The Hall–Kier alpha value is 1.34. The topological polar surface area (TPSA) is 0 Å². The molecule has 0 bridgehead atoms. The monoisotopic (exact) mass is 329 g/mol. The third-order valence-corrected chi connectivity index (χ3v) is 7.34. The van der Waals surface area contributed by atoms with Crippen LogP contribution in [-0.4, -0.2) is 25.2 Å². The highest BCUT2D eigenvalue weighted by atomic mass is 79.9. The van der Waals surface area contributed by atoms with E-state index in [1.807, 2.05) is 0 Å². The van der Waals surface area contributed by atoms with Crippen LogP contribution < -0.4 is 0 Å². The maximum atomic E-state index is 2.85. The van der Waals surface area contributed by atoms with Crippen molar-refractivity contribution in [2.75, 3.05) is 25.2 Å². The van der Waals surface area contributed by atoms with E-state index in [0.717, 1.165) is 0 Å². The van der Waals surface area contributed by atoms with Crippen molar-refractivity contribution in [3.8, 4) is 0 Å². The Balaban J connectivity index is 0. The Bertz CT molecular complexity index is 107. The lowest BCUT2D eigenvalue weighted by Crippen LogP contribution is -2.07. The zero-order chi connectivity index (χ0) is 12.9. The predicted molar refractivity (Wildman–Crippen MR) is 90.8 cm³/mol. The lowest BCUT2D eigenvalue weighted by molar-refractivity contribution is 0.838. The molecule has 0 aliphatic heterocycles. The van der Waals surface area contributed by atoms with Crippen molar-refractivity contribution in [3.63, 3.8) is 0 Å². The van der Waals surface area contributed by atoms with Crippen LogP contribution in [0.4, 0.5) is 0 Å². The van der Waals surface area contributed by atoms with Crippen LogP contribution in [0.2, 0.25) is 0 Å². The molecular formula is C13H32BrP2+. The Morgan fingerprint density at radius 1 is 0.750 bits per heavy atom. The molecule has 0 radical (unpaired) electrons. The van der Waals surface area contributed by atoms with Crippen molar-refractivity contribution >= 4 is 30.7 Å². The first kappa shape index (κ1) is 19.7. The number of halogens is 1. The summed E-state index contributed by atoms with van der Waals surface area (Å²) in [5, 5.41) is 0. The minimum absolute atomic E-state index is 0.519. The van der Waals surface area contributed by atoms with E-state index in [0.29, 0.717) is 0 Å². The molecule has 0 amide bonds. The van der Waals surface area contributed by atoms with E-state index >= 15 is 0 Å². The highest BCUT2D eigenvalue weighted by molar-refractivity contribution is 9.34. The third kappa shape index (κ3) is 11.8. The van der Waals surface area contributed by atoms with Crippen LogP contribution in [0, 0.1) is 0 Å². The molecule has 0 aromatic heterocycles. The fourth-order valence-corrected chi connectivity index (χ4v) is 5.86. The molecule has 1 atom stereocenters. The largest absolute Gasteiger partial charge is 0.0679 e. The van der Waals surface area contributed by atoms with Crippen LogP contribution in [0.25, 0.3) is 0 Å². The van der Waals surface area contributed by atoms with Gasteiger partial charge in [-0.05, 0) is 19.3 Å². The Morgan fingerprint density at radius 3 is 1.19 bits per heavy atom. The molecule has 1 unspecified atom stereocenters. The quantitative estimate of drug-likeness (QED) is 0.441. The Kier molecular flexibility index (Phi) is 17.7. The summed E-state index contributed by atoms with van der Waals surface area (Å²) in [5.41, 5.74) is 0. The van der Waals surface area contributed by atoms with Crippen LogP contribution in [-0.2, 0) is 0 Å². The second-order valence-corrected chi connectivity index (χ2v) is 9.43. The van der Waals surface area contributed by atoms with Gasteiger partial charge in [-0.2, -0.15) is 0 Å². The highest BCUT2D eigenvalue weighted by Crippen LogP contribution is 2.57. The molecule has 100 valence electrons. The van der Waals surface area contributed by atoms with Gasteiger partial charge in [0.15, 0.2) is 0 Å². The van der Waals surface area contributed by atoms with Crippen LogP contribution >= 0.6 is 30.7 Å². The summed E-state index contributed by atoms with van der Waals surface area (Å²) in [4.78, 5) is 0. The number of unbranched alkanes of at least 4 members (excludes halogenated alkanes) is 3. The number of hydrogen-bond donors (Lipinski definition) is 0. The van der Waals surface area contributed by atoms with Crippen molar-refractivity contribution in [1.82, 2.24) is 0 Å². The Labute approximate surface area is 115 Å². The van der Waals surface area contributed by atoms with Gasteiger partial charge < -0.3 is 0 Å².